The van der Waals surface area contributed by atoms with Crippen LogP contribution in [-0.2, 0) is 4.79 Å². The van der Waals surface area contributed by atoms with E-state index in [9.17, 15) is 4.79 Å². The lowest BCUT2D eigenvalue weighted by atomic mass is 10.1. The van der Waals surface area contributed by atoms with E-state index in [1.807, 2.05) is 55.5 Å². The van der Waals surface area contributed by atoms with Crippen molar-refractivity contribution in [2.24, 2.45) is 5.10 Å². The van der Waals surface area contributed by atoms with Crippen molar-refractivity contribution in [1.29, 1.82) is 0 Å². The van der Waals surface area contributed by atoms with E-state index < -0.39 is 0 Å². The molecule has 0 aliphatic heterocycles. The standard InChI is InChI=1S/C20H18ClN3O/c1-14(15-6-9-18(21)10-7-15)23-24-20(25)13-22-19-11-8-16-4-2-3-5-17(16)12-19/h2-12,22H,13H2,1H3,(H,24,25). The van der Waals surface area contributed by atoms with Gasteiger partial charge in [0.05, 0.1) is 12.3 Å². The largest absolute Gasteiger partial charge is 0.376 e. The lowest BCUT2D eigenvalue weighted by molar-refractivity contribution is -0.119. The highest BCUT2D eigenvalue weighted by atomic mass is 35.5. The van der Waals surface area contributed by atoms with Gasteiger partial charge in [0.15, 0.2) is 0 Å². The number of hydrazone groups is 1. The average molecular weight is 352 g/mol. The van der Waals surface area contributed by atoms with Crippen molar-refractivity contribution < 1.29 is 4.79 Å². The number of carbonyl (C=O) groups excluding carboxylic acids is 1. The summed E-state index contributed by atoms with van der Waals surface area (Å²) in [7, 11) is 0. The highest BCUT2D eigenvalue weighted by Crippen LogP contribution is 2.18. The molecule has 0 aliphatic rings. The zero-order chi connectivity index (χ0) is 17.6. The fourth-order valence-electron chi connectivity index (χ4n) is 2.42. The molecule has 3 aromatic rings. The number of nitrogens with one attached hydrogen (secondary N) is 2. The first-order valence-electron chi connectivity index (χ1n) is 7.93. The zero-order valence-electron chi connectivity index (χ0n) is 13.8. The molecule has 0 saturated heterocycles. The van der Waals surface area contributed by atoms with Crippen molar-refractivity contribution in [3.8, 4) is 0 Å². The second kappa shape index (κ2) is 7.81. The van der Waals surface area contributed by atoms with Crippen LogP contribution in [0.25, 0.3) is 10.8 Å². The van der Waals surface area contributed by atoms with Crippen molar-refractivity contribution >= 4 is 39.7 Å². The van der Waals surface area contributed by atoms with Crippen LogP contribution in [0.4, 0.5) is 5.69 Å². The van der Waals surface area contributed by atoms with Crippen molar-refractivity contribution in [3.05, 3.63) is 77.3 Å². The van der Waals surface area contributed by atoms with Gasteiger partial charge in [0.25, 0.3) is 5.91 Å². The number of hydrogen-bond donors (Lipinski definition) is 2. The van der Waals surface area contributed by atoms with Crippen LogP contribution in [0.5, 0.6) is 0 Å². The first-order valence-corrected chi connectivity index (χ1v) is 8.31. The van der Waals surface area contributed by atoms with E-state index in [0.29, 0.717) is 5.02 Å². The summed E-state index contributed by atoms with van der Waals surface area (Å²) in [5.41, 5.74) is 5.08. The van der Waals surface area contributed by atoms with Gasteiger partial charge in [-0.25, -0.2) is 5.43 Å². The topological polar surface area (TPSA) is 53.5 Å². The van der Waals surface area contributed by atoms with E-state index in [2.05, 4.69) is 21.9 Å². The molecule has 0 unspecified atom stereocenters. The molecule has 0 atom stereocenters. The van der Waals surface area contributed by atoms with Gasteiger partial charge < -0.3 is 5.32 Å². The van der Waals surface area contributed by atoms with Gasteiger partial charge in [0.2, 0.25) is 0 Å². The first-order chi connectivity index (χ1) is 12.1. The van der Waals surface area contributed by atoms with E-state index in [-0.39, 0.29) is 12.5 Å². The number of hydrogen-bond acceptors (Lipinski definition) is 3. The van der Waals surface area contributed by atoms with Gasteiger partial charge in [-0.05, 0) is 47.5 Å². The molecule has 0 aromatic heterocycles. The van der Waals surface area contributed by atoms with Crippen LogP contribution in [-0.4, -0.2) is 18.2 Å². The molecule has 0 aliphatic carbocycles. The third kappa shape index (κ3) is 4.58. The monoisotopic (exact) mass is 351 g/mol. The normalized spacial score (nSPS) is 11.4. The molecular formula is C20H18ClN3O. The summed E-state index contributed by atoms with van der Waals surface area (Å²) in [4.78, 5) is 12.0. The SMILES string of the molecule is CC(=NNC(=O)CNc1ccc2ccccc2c1)c1ccc(Cl)cc1. The second-order valence-corrected chi connectivity index (χ2v) is 6.09. The van der Waals surface area contributed by atoms with Crippen molar-refractivity contribution in [2.75, 3.05) is 11.9 Å². The van der Waals surface area contributed by atoms with Crippen LogP contribution in [0.2, 0.25) is 5.02 Å². The molecule has 0 spiro atoms. The Kier molecular flexibility index (Phi) is 5.31. The van der Waals surface area contributed by atoms with Crippen LogP contribution in [0.1, 0.15) is 12.5 Å². The fraction of sp³-hybridized carbons (Fsp3) is 0.100. The maximum Gasteiger partial charge on any atom is 0.259 e. The Morgan fingerprint density at radius 1 is 1.00 bits per heavy atom. The maximum atomic E-state index is 12.0. The van der Waals surface area contributed by atoms with Crippen molar-refractivity contribution in [3.63, 3.8) is 0 Å². The minimum Gasteiger partial charge on any atom is -0.376 e. The molecule has 1 amide bonds. The number of carbonyl (C=O) groups is 1. The van der Waals surface area contributed by atoms with Gasteiger partial charge in [0.1, 0.15) is 0 Å². The highest BCUT2D eigenvalue weighted by Gasteiger charge is 2.02. The Morgan fingerprint density at radius 3 is 2.48 bits per heavy atom. The molecule has 5 heteroatoms. The quantitative estimate of drug-likeness (QED) is 0.527. The summed E-state index contributed by atoms with van der Waals surface area (Å²) in [6, 6.07) is 21.4. The van der Waals surface area contributed by atoms with Gasteiger partial charge in [-0.3, -0.25) is 4.79 Å². The number of nitrogens with zero attached hydrogens (tertiary/aromatic N) is 1. The molecule has 0 radical (unpaired) electrons. The summed E-state index contributed by atoms with van der Waals surface area (Å²) < 4.78 is 0. The summed E-state index contributed by atoms with van der Waals surface area (Å²) in [5, 5.41) is 10.2. The van der Waals surface area contributed by atoms with Gasteiger partial charge in [-0.15, -0.1) is 0 Å². The van der Waals surface area contributed by atoms with Crippen LogP contribution in [0.15, 0.2) is 71.8 Å². The lowest BCUT2D eigenvalue weighted by Gasteiger charge is -2.07. The van der Waals surface area contributed by atoms with E-state index in [0.717, 1.165) is 22.3 Å². The van der Waals surface area contributed by atoms with Gasteiger partial charge >= 0.3 is 0 Å². The average Bonchev–Trinajstić information content (AvgIpc) is 2.65. The third-order valence-electron chi connectivity index (χ3n) is 3.81. The van der Waals surface area contributed by atoms with Crippen LogP contribution < -0.4 is 10.7 Å². The van der Waals surface area contributed by atoms with E-state index in [1.165, 1.54) is 5.39 Å². The maximum absolute atomic E-state index is 12.0. The number of anilines is 1. The van der Waals surface area contributed by atoms with Crippen LogP contribution in [0, 0.1) is 0 Å². The predicted octanol–water partition coefficient (Wildman–Crippen LogP) is 4.45. The minimum absolute atomic E-state index is 0.149. The fourth-order valence-corrected chi connectivity index (χ4v) is 2.55. The molecule has 0 bridgehead atoms. The highest BCUT2D eigenvalue weighted by molar-refractivity contribution is 6.30. The van der Waals surface area contributed by atoms with E-state index >= 15 is 0 Å². The molecule has 0 fully saturated rings. The van der Waals surface area contributed by atoms with Gasteiger partial charge in [0, 0.05) is 10.7 Å². The number of fused-ring (bicyclic) bond motifs is 1. The van der Waals surface area contributed by atoms with Crippen LogP contribution in [0.3, 0.4) is 0 Å². The van der Waals surface area contributed by atoms with E-state index in [1.54, 1.807) is 12.1 Å². The molecule has 0 saturated carbocycles. The van der Waals surface area contributed by atoms with E-state index in [4.69, 9.17) is 11.6 Å². The second-order valence-electron chi connectivity index (χ2n) is 5.65. The Morgan fingerprint density at radius 2 is 1.72 bits per heavy atom. The Labute approximate surface area is 151 Å². The molecule has 3 rings (SSSR count). The minimum atomic E-state index is -0.207. The molecule has 126 valence electrons. The summed E-state index contributed by atoms with van der Waals surface area (Å²) >= 11 is 5.86. The molecular weight excluding hydrogens is 334 g/mol. The molecule has 25 heavy (non-hydrogen) atoms. The first kappa shape index (κ1) is 17.0. The number of halogens is 1. The molecule has 0 heterocycles. The molecule has 3 aromatic carbocycles. The summed E-state index contributed by atoms with van der Waals surface area (Å²) in [6.45, 7) is 1.98. The predicted molar refractivity (Wildman–Crippen MR) is 104 cm³/mol. The Bertz CT molecular complexity index is 920. The zero-order valence-corrected chi connectivity index (χ0v) is 14.5. The summed E-state index contributed by atoms with van der Waals surface area (Å²) in [5.74, 6) is -0.207. The molecule has 4 nitrogen and oxygen atoms in total. The number of rotatable bonds is 5. The molecule has 2 N–H and O–H groups in total. The summed E-state index contributed by atoms with van der Waals surface area (Å²) in [6.07, 6.45) is 0. The van der Waals surface area contributed by atoms with Gasteiger partial charge in [-0.2, -0.15) is 5.10 Å². The van der Waals surface area contributed by atoms with Gasteiger partial charge in [-0.1, -0.05) is 54.1 Å². The van der Waals surface area contributed by atoms with Crippen molar-refractivity contribution in [1.82, 2.24) is 5.43 Å². The number of amides is 1. The number of benzene rings is 3. The lowest BCUT2D eigenvalue weighted by Crippen LogP contribution is -2.26. The van der Waals surface area contributed by atoms with Crippen molar-refractivity contribution in [2.45, 2.75) is 6.92 Å². The third-order valence-corrected chi connectivity index (χ3v) is 4.06. The Hall–Kier alpha value is -2.85. The van der Waals surface area contributed by atoms with Crippen LogP contribution >= 0.6 is 11.6 Å². The smallest absolute Gasteiger partial charge is 0.259 e. The Balaban J connectivity index is 1.56.